The van der Waals surface area contributed by atoms with E-state index in [1.165, 1.54) is 12.1 Å². The maximum absolute atomic E-state index is 13.4. The van der Waals surface area contributed by atoms with E-state index >= 15 is 0 Å². The predicted octanol–water partition coefficient (Wildman–Crippen LogP) is 3.69. The van der Waals surface area contributed by atoms with Gasteiger partial charge in [0.1, 0.15) is 12.4 Å². The third-order valence-corrected chi connectivity index (χ3v) is 5.80. The highest BCUT2D eigenvalue weighted by Crippen LogP contribution is 2.31. The van der Waals surface area contributed by atoms with Crippen LogP contribution in [0.25, 0.3) is 22.5 Å². The van der Waals surface area contributed by atoms with Gasteiger partial charge in [-0.2, -0.15) is 0 Å². The number of imidazole rings is 1. The van der Waals surface area contributed by atoms with Gasteiger partial charge in [-0.25, -0.2) is 9.37 Å². The number of hydrogen-bond acceptors (Lipinski definition) is 4. The Morgan fingerprint density at radius 2 is 1.61 bits per heavy atom. The second-order valence-corrected chi connectivity index (χ2v) is 8.85. The molecule has 0 radical (unpaired) electrons. The molecule has 6 nitrogen and oxygen atoms in total. The maximum Gasteiger partial charge on any atom is 0.242 e. The number of rotatable bonds is 4. The Labute approximate surface area is 182 Å². The summed E-state index contributed by atoms with van der Waals surface area (Å²) in [5.74, 6) is -0.217. The zero-order chi connectivity index (χ0) is 22.0. The molecule has 31 heavy (non-hydrogen) atoms. The molecule has 0 spiro atoms. The summed E-state index contributed by atoms with van der Waals surface area (Å²) in [6.45, 7) is 10.0. The van der Waals surface area contributed by atoms with Crippen molar-refractivity contribution < 1.29 is 9.18 Å². The molecule has 1 saturated heterocycles. The number of amides is 1. The van der Waals surface area contributed by atoms with Crippen LogP contribution in [0.5, 0.6) is 0 Å². The lowest BCUT2D eigenvalue weighted by molar-refractivity contribution is -0.134. The van der Waals surface area contributed by atoms with Gasteiger partial charge in [-0.05, 0) is 57.2 Å². The minimum absolute atomic E-state index is 0.0759. The van der Waals surface area contributed by atoms with E-state index < -0.39 is 0 Å². The Balaban J connectivity index is 1.59. The van der Waals surface area contributed by atoms with Gasteiger partial charge >= 0.3 is 0 Å². The molecular formula is C24H28FN5O. The van der Waals surface area contributed by atoms with Crippen LogP contribution in [-0.4, -0.2) is 62.0 Å². The fourth-order valence-electron chi connectivity index (χ4n) is 4.01. The number of carbonyl (C=O) groups excluding carboxylic acids is 1. The highest BCUT2D eigenvalue weighted by Gasteiger charge is 2.28. The van der Waals surface area contributed by atoms with Crippen LogP contribution in [0.4, 0.5) is 4.39 Å². The van der Waals surface area contributed by atoms with Crippen molar-refractivity contribution in [3.05, 3.63) is 60.9 Å². The van der Waals surface area contributed by atoms with E-state index in [0.717, 1.165) is 48.7 Å². The highest BCUT2D eigenvalue weighted by atomic mass is 19.1. The van der Waals surface area contributed by atoms with Gasteiger partial charge in [-0.1, -0.05) is 0 Å². The third kappa shape index (κ3) is 4.66. The third-order valence-electron chi connectivity index (χ3n) is 5.80. The van der Waals surface area contributed by atoms with Crippen LogP contribution in [-0.2, 0) is 11.3 Å². The van der Waals surface area contributed by atoms with E-state index in [1.807, 2.05) is 21.6 Å². The van der Waals surface area contributed by atoms with E-state index in [-0.39, 0.29) is 23.8 Å². The van der Waals surface area contributed by atoms with E-state index in [2.05, 4.69) is 35.6 Å². The van der Waals surface area contributed by atoms with E-state index in [1.54, 1.807) is 30.9 Å². The molecule has 1 aliphatic rings. The molecule has 0 saturated carbocycles. The lowest BCUT2D eigenvalue weighted by atomic mass is 10.0. The Morgan fingerprint density at radius 3 is 2.23 bits per heavy atom. The van der Waals surface area contributed by atoms with Gasteiger partial charge in [0.15, 0.2) is 0 Å². The first-order chi connectivity index (χ1) is 14.8. The summed E-state index contributed by atoms with van der Waals surface area (Å²) >= 11 is 0. The van der Waals surface area contributed by atoms with E-state index in [4.69, 9.17) is 0 Å². The van der Waals surface area contributed by atoms with Crippen molar-refractivity contribution >= 4 is 5.91 Å². The Bertz CT molecular complexity index is 1030. The molecule has 0 unspecified atom stereocenters. The number of aromatic nitrogens is 3. The molecular weight excluding hydrogens is 393 g/mol. The zero-order valence-electron chi connectivity index (χ0n) is 18.3. The van der Waals surface area contributed by atoms with Crippen molar-refractivity contribution in [2.24, 2.45) is 0 Å². The average Bonchev–Trinajstić information content (AvgIpc) is 3.17. The van der Waals surface area contributed by atoms with Crippen molar-refractivity contribution in [2.75, 3.05) is 26.2 Å². The summed E-state index contributed by atoms with van der Waals surface area (Å²) in [6.07, 6.45) is 5.13. The molecule has 0 atom stereocenters. The van der Waals surface area contributed by atoms with Gasteiger partial charge in [0.2, 0.25) is 5.91 Å². The van der Waals surface area contributed by atoms with Gasteiger partial charge in [-0.15, -0.1) is 0 Å². The van der Waals surface area contributed by atoms with Crippen LogP contribution in [0.3, 0.4) is 0 Å². The number of hydrogen-bond donors (Lipinski definition) is 0. The van der Waals surface area contributed by atoms with Gasteiger partial charge in [0.25, 0.3) is 0 Å². The Kier molecular flexibility index (Phi) is 5.87. The van der Waals surface area contributed by atoms with Crippen LogP contribution < -0.4 is 0 Å². The number of pyridine rings is 1. The number of nitrogens with zero attached hydrogens (tertiary/aromatic N) is 5. The molecule has 1 aromatic carbocycles. The van der Waals surface area contributed by atoms with Gasteiger partial charge < -0.3 is 9.47 Å². The minimum atomic E-state index is -0.293. The van der Waals surface area contributed by atoms with Gasteiger partial charge in [0.05, 0.1) is 17.7 Å². The summed E-state index contributed by atoms with van der Waals surface area (Å²) in [5.41, 5.74) is 3.38. The van der Waals surface area contributed by atoms with Crippen molar-refractivity contribution in [3.63, 3.8) is 0 Å². The Morgan fingerprint density at radius 1 is 0.968 bits per heavy atom. The summed E-state index contributed by atoms with van der Waals surface area (Å²) < 4.78 is 15.3. The summed E-state index contributed by atoms with van der Waals surface area (Å²) in [7, 11) is 0. The predicted molar refractivity (Wildman–Crippen MR) is 119 cm³/mol. The molecule has 0 aliphatic carbocycles. The minimum Gasteiger partial charge on any atom is -0.339 e. The second kappa shape index (κ2) is 8.59. The molecule has 4 rings (SSSR count). The number of benzene rings is 1. The van der Waals surface area contributed by atoms with Crippen molar-refractivity contribution in [1.82, 2.24) is 24.3 Å². The Hall–Kier alpha value is -3.06. The topological polar surface area (TPSA) is 54.3 Å². The molecule has 3 aromatic rings. The number of piperazine rings is 1. The SMILES string of the molecule is CC(C)(C)N1CCN(C(=O)Cn2cnc(-c3ccc(F)cc3)c2-c2ccncc2)CC1. The standard InChI is InChI=1S/C24H28FN5O/c1-24(2,3)30-14-12-28(13-15-30)21(31)16-29-17-27-22(18-4-6-20(25)7-5-18)23(29)19-8-10-26-11-9-19/h4-11,17H,12-16H2,1-3H3. The first kappa shape index (κ1) is 21.2. The smallest absolute Gasteiger partial charge is 0.242 e. The van der Waals surface area contributed by atoms with Crippen LogP contribution in [0.2, 0.25) is 0 Å². The molecule has 2 aromatic heterocycles. The molecule has 3 heterocycles. The van der Waals surface area contributed by atoms with Crippen molar-refractivity contribution in [1.29, 1.82) is 0 Å². The summed E-state index contributed by atoms with van der Waals surface area (Å²) in [5, 5.41) is 0. The number of carbonyl (C=O) groups is 1. The highest BCUT2D eigenvalue weighted by molar-refractivity contribution is 5.81. The maximum atomic E-state index is 13.4. The fraction of sp³-hybridized carbons (Fsp3) is 0.375. The number of halogens is 1. The molecule has 0 bridgehead atoms. The largest absolute Gasteiger partial charge is 0.339 e. The molecule has 162 valence electrons. The normalized spacial score (nSPS) is 15.3. The van der Waals surface area contributed by atoms with Crippen LogP contribution >= 0.6 is 0 Å². The molecule has 1 fully saturated rings. The quantitative estimate of drug-likeness (QED) is 0.645. The van der Waals surface area contributed by atoms with Crippen LogP contribution in [0.15, 0.2) is 55.1 Å². The lowest BCUT2D eigenvalue weighted by Crippen LogP contribution is -2.55. The first-order valence-corrected chi connectivity index (χ1v) is 10.6. The van der Waals surface area contributed by atoms with Crippen molar-refractivity contribution in [2.45, 2.75) is 32.9 Å². The van der Waals surface area contributed by atoms with Crippen LogP contribution in [0.1, 0.15) is 20.8 Å². The second-order valence-electron chi connectivity index (χ2n) is 8.85. The molecule has 0 N–H and O–H groups in total. The molecule has 7 heteroatoms. The fourth-order valence-corrected chi connectivity index (χ4v) is 4.01. The van der Waals surface area contributed by atoms with Gasteiger partial charge in [0, 0.05) is 55.2 Å². The van der Waals surface area contributed by atoms with Gasteiger partial charge in [-0.3, -0.25) is 14.7 Å². The first-order valence-electron chi connectivity index (χ1n) is 10.6. The molecule has 1 amide bonds. The van der Waals surface area contributed by atoms with E-state index in [0.29, 0.717) is 0 Å². The van der Waals surface area contributed by atoms with Crippen LogP contribution in [0, 0.1) is 5.82 Å². The monoisotopic (exact) mass is 421 g/mol. The lowest BCUT2D eigenvalue weighted by Gasteiger charge is -2.42. The summed E-state index contributed by atoms with van der Waals surface area (Å²) in [6, 6.07) is 10.1. The summed E-state index contributed by atoms with van der Waals surface area (Å²) in [4.78, 5) is 26.1. The van der Waals surface area contributed by atoms with Crippen molar-refractivity contribution in [3.8, 4) is 22.5 Å². The van der Waals surface area contributed by atoms with E-state index in [9.17, 15) is 9.18 Å². The molecule has 1 aliphatic heterocycles. The average molecular weight is 422 g/mol. The zero-order valence-corrected chi connectivity index (χ0v) is 18.3.